The van der Waals surface area contributed by atoms with Crippen LogP contribution in [0.1, 0.15) is 11.1 Å². The summed E-state index contributed by atoms with van der Waals surface area (Å²) in [6.07, 6.45) is 3.44. The monoisotopic (exact) mass is 265 g/mol. The number of rotatable bonds is 3. The maximum atomic E-state index is 5.01. The number of aryl methyl sites for hydroxylation is 1. The normalized spacial score (nSPS) is 10.3. The lowest BCUT2D eigenvalue weighted by molar-refractivity contribution is 0.564. The van der Waals surface area contributed by atoms with Crippen molar-refractivity contribution in [2.45, 2.75) is 13.5 Å². The van der Waals surface area contributed by atoms with Crippen LogP contribution in [0.3, 0.4) is 0 Å². The zero-order valence-corrected chi connectivity index (χ0v) is 10.0. The molecule has 1 heterocycles. The molecule has 78 valence electrons. The number of hydrogen-bond acceptors (Lipinski definition) is 2. The lowest BCUT2D eigenvalue weighted by Crippen LogP contribution is -1.99. The Kier molecular flexibility index (Phi) is 3.11. The van der Waals surface area contributed by atoms with Crippen molar-refractivity contribution in [2.24, 2.45) is 0 Å². The molecule has 0 bridgehead atoms. The van der Waals surface area contributed by atoms with Gasteiger partial charge in [0.25, 0.3) is 0 Å². The molecule has 0 saturated carbocycles. The molecule has 0 aliphatic rings. The molecule has 0 radical (unpaired) electrons. The highest BCUT2D eigenvalue weighted by Crippen LogP contribution is 2.21. The zero-order chi connectivity index (χ0) is 10.7. The van der Waals surface area contributed by atoms with Crippen molar-refractivity contribution < 1.29 is 4.42 Å². The maximum absolute atomic E-state index is 5.01. The highest BCUT2D eigenvalue weighted by atomic mass is 79.9. The van der Waals surface area contributed by atoms with E-state index >= 15 is 0 Å². The number of halogens is 1. The van der Waals surface area contributed by atoms with E-state index in [1.54, 1.807) is 12.5 Å². The fraction of sp³-hybridized carbons (Fsp3) is 0.167. The number of hydrogen-bond donors (Lipinski definition) is 1. The third-order valence-corrected chi connectivity index (χ3v) is 2.76. The quantitative estimate of drug-likeness (QED) is 0.909. The number of furan rings is 1. The van der Waals surface area contributed by atoms with Gasteiger partial charge in [-0.25, -0.2) is 0 Å². The van der Waals surface area contributed by atoms with Crippen LogP contribution in [0.2, 0.25) is 0 Å². The first-order chi connectivity index (χ1) is 7.25. The Hall–Kier alpha value is -1.22. The molecule has 0 unspecified atom stereocenters. The molecular weight excluding hydrogens is 254 g/mol. The molecule has 2 rings (SSSR count). The molecule has 2 aromatic rings. The van der Waals surface area contributed by atoms with E-state index in [1.807, 2.05) is 12.1 Å². The summed E-state index contributed by atoms with van der Waals surface area (Å²) in [5, 5.41) is 3.37. The van der Waals surface area contributed by atoms with E-state index < -0.39 is 0 Å². The Balaban J connectivity index is 2.07. The lowest BCUT2D eigenvalue weighted by Gasteiger charge is -2.08. The summed E-state index contributed by atoms with van der Waals surface area (Å²) >= 11 is 3.46. The molecule has 0 amide bonds. The second-order valence-electron chi connectivity index (χ2n) is 3.44. The van der Waals surface area contributed by atoms with Crippen molar-refractivity contribution in [3.63, 3.8) is 0 Å². The molecule has 0 fully saturated rings. The minimum atomic E-state index is 0.786. The second-order valence-corrected chi connectivity index (χ2v) is 4.36. The van der Waals surface area contributed by atoms with Gasteiger partial charge in [-0.1, -0.05) is 22.0 Å². The van der Waals surface area contributed by atoms with Crippen LogP contribution < -0.4 is 5.32 Å². The van der Waals surface area contributed by atoms with Gasteiger partial charge in [-0.3, -0.25) is 0 Å². The van der Waals surface area contributed by atoms with E-state index in [-0.39, 0.29) is 0 Å². The van der Waals surface area contributed by atoms with Gasteiger partial charge in [0.1, 0.15) is 0 Å². The first kappa shape index (κ1) is 10.3. The number of benzene rings is 1. The van der Waals surface area contributed by atoms with Crippen LogP contribution in [0.25, 0.3) is 0 Å². The van der Waals surface area contributed by atoms with Crippen molar-refractivity contribution >= 4 is 21.6 Å². The summed E-state index contributed by atoms with van der Waals surface area (Å²) in [5.41, 5.74) is 3.53. The van der Waals surface area contributed by atoms with Gasteiger partial charge in [0, 0.05) is 22.3 Å². The van der Waals surface area contributed by atoms with Crippen molar-refractivity contribution in [1.82, 2.24) is 0 Å². The zero-order valence-electron chi connectivity index (χ0n) is 8.46. The van der Waals surface area contributed by atoms with Gasteiger partial charge in [-0.05, 0) is 30.7 Å². The minimum Gasteiger partial charge on any atom is -0.472 e. The van der Waals surface area contributed by atoms with Gasteiger partial charge in [0.05, 0.1) is 12.5 Å². The van der Waals surface area contributed by atoms with E-state index in [4.69, 9.17) is 4.42 Å². The highest BCUT2D eigenvalue weighted by Gasteiger charge is 1.99. The van der Waals surface area contributed by atoms with E-state index in [9.17, 15) is 0 Å². The number of nitrogens with one attached hydrogen (secondary N) is 1. The van der Waals surface area contributed by atoms with Crippen LogP contribution in [0.5, 0.6) is 0 Å². The second kappa shape index (κ2) is 4.53. The van der Waals surface area contributed by atoms with Gasteiger partial charge in [-0.15, -0.1) is 0 Å². The Bertz CT molecular complexity index is 437. The average molecular weight is 266 g/mol. The molecule has 1 N–H and O–H groups in total. The van der Waals surface area contributed by atoms with Gasteiger partial charge in [0.2, 0.25) is 0 Å². The third kappa shape index (κ3) is 2.63. The fourth-order valence-corrected chi connectivity index (χ4v) is 1.74. The van der Waals surface area contributed by atoms with Crippen LogP contribution in [-0.2, 0) is 6.54 Å². The van der Waals surface area contributed by atoms with E-state index in [0.717, 1.165) is 22.3 Å². The summed E-state index contributed by atoms with van der Waals surface area (Å²) in [6, 6.07) is 8.16. The molecule has 0 aliphatic heterocycles. The van der Waals surface area contributed by atoms with Crippen molar-refractivity contribution in [3.05, 3.63) is 52.4 Å². The third-order valence-electron chi connectivity index (χ3n) is 2.26. The summed E-state index contributed by atoms with van der Waals surface area (Å²) in [5.74, 6) is 0. The topological polar surface area (TPSA) is 25.2 Å². The van der Waals surface area contributed by atoms with E-state index in [0.29, 0.717) is 0 Å². The maximum Gasteiger partial charge on any atom is 0.0952 e. The predicted octanol–water partition coefficient (Wildman–Crippen LogP) is 3.96. The Morgan fingerprint density at radius 2 is 2.20 bits per heavy atom. The smallest absolute Gasteiger partial charge is 0.0952 e. The molecule has 1 aromatic heterocycles. The van der Waals surface area contributed by atoms with Crippen LogP contribution in [0.4, 0.5) is 5.69 Å². The molecule has 0 saturated heterocycles. The Labute approximate surface area is 97.4 Å². The first-order valence-electron chi connectivity index (χ1n) is 4.77. The molecular formula is C12H12BrNO. The van der Waals surface area contributed by atoms with Gasteiger partial charge in [-0.2, -0.15) is 0 Å². The fourth-order valence-electron chi connectivity index (χ4n) is 1.38. The number of anilines is 1. The molecule has 3 heteroatoms. The Morgan fingerprint density at radius 1 is 1.33 bits per heavy atom. The van der Waals surface area contributed by atoms with Gasteiger partial charge < -0.3 is 9.73 Å². The van der Waals surface area contributed by atoms with Crippen LogP contribution in [-0.4, -0.2) is 0 Å². The SMILES string of the molecule is Cc1ccc(Br)cc1NCc1ccoc1. The lowest BCUT2D eigenvalue weighted by atomic mass is 10.2. The van der Waals surface area contributed by atoms with Gasteiger partial charge in [0.15, 0.2) is 0 Å². The summed E-state index contributed by atoms with van der Waals surface area (Å²) in [4.78, 5) is 0. The first-order valence-corrected chi connectivity index (χ1v) is 5.56. The predicted molar refractivity (Wildman–Crippen MR) is 64.9 cm³/mol. The highest BCUT2D eigenvalue weighted by molar-refractivity contribution is 9.10. The summed E-state index contributed by atoms with van der Waals surface area (Å²) in [6.45, 7) is 2.87. The van der Waals surface area contributed by atoms with Crippen LogP contribution in [0.15, 0.2) is 45.7 Å². The molecule has 0 spiro atoms. The Morgan fingerprint density at radius 3 is 2.93 bits per heavy atom. The van der Waals surface area contributed by atoms with Crippen molar-refractivity contribution in [2.75, 3.05) is 5.32 Å². The average Bonchev–Trinajstić information content (AvgIpc) is 2.72. The molecule has 15 heavy (non-hydrogen) atoms. The summed E-state index contributed by atoms with van der Waals surface area (Å²) < 4.78 is 6.09. The van der Waals surface area contributed by atoms with Gasteiger partial charge >= 0.3 is 0 Å². The molecule has 0 atom stereocenters. The van der Waals surface area contributed by atoms with Crippen LogP contribution in [0, 0.1) is 6.92 Å². The van der Waals surface area contributed by atoms with Crippen molar-refractivity contribution in [3.8, 4) is 0 Å². The summed E-state index contributed by atoms with van der Waals surface area (Å²) in [7, 11) is 0. The molecule has 1 aromatic carbocycles. The standard InChI is InChI=1S/C12H12BrNO/c1-9-2-3-11(13)6-12(9)14-7-10-4-5-15-8-10/h2-6,8,14H,7H2,1H3. The minimum absolute atomic E-state index is 0.786. The van der Waals surface area contributed by atoms with E-state index in [1.165, 1.54) is 5.56 Å². The molecule has 0 aliphatic carbocycles. The van der Waals surface area contributed by atoms with Crippen molar-refractivity contribution in [1.29, 1.82) is 0 Å². The van der Waals surface area contributed by atoms with E-state index in [2.05, 4.69) is 40.3 Å². The molecule has 2 nitrogen and oxygen atoms in total. The van der Waals surface area contributed by atoms with Crippen LogP contribution >= 0.6 is 15.9 Å². The largest absolute Gasteiger partial charge is 0.472 e.